The number of rotatable bonds is 7. The van der Waals surface area contributed by atoms with E-state index in [9.17, 15) is 9.90 Å². The maximum atomic E-state index is 13.4. The minimum atomic E-state index is -0.504. The molecule has 0 aromatic heterocycles. The Kier molecular flexibility index (Phi) is 8.44. The Balaban J connectivity index is 1.50. The van der Waals surface area contributed by atoms with Crippen molar-refractivity contribution in [1.29, 1.82) is 0 Å². The van der Waals surface area contributed by atoms with E-state index >= 15 is 0 Å². The number of carbonyl (C=O) groups excluding carboxylic acids is 1. The average molecular weight is 561 g/mol. The number of aliphatic hydroxyl groups excluding tert-OH is 1. The van der Waals surface area contributed by atoms with Gasteiger partial charge in [0.2, 0.25) is 6.29 Å². The highest BCUT2D eigenvalue weighted by Crippen LogP contribution is 2.33. The van der Waals surface area contributed by atoms with Gasteiger partial charge in [0, 0.05) is 29.0 Å². The lowest BCUT2D eigenvalue weighted by atomic mass is 9.92. The van der Waals surface area contributed by atoms with E-state index in [1.165, 1.54) is 22.8 Å². The van der Waals surface area contributed by atoms with Crippen LogP contribution in [-0.2, 0) is 27.5 Å². The lowest BCUT2D eigenvalue weighted by molar-refractivity contribution is -0.156. The maximum Gasteiger partial charge on any atom is 0.288 e. The maximum absolute atomic E-state index is 13.4. The largest absolute Gasteiger partial charge is 0.459 e. The van der Waals surface area contributed by atoms with E-state index in [4.69, 9.17) is 9.47 Å². The minimum Gasteiger partial charge on any atom is -0.459 e. The Morgan fingerprint density at radius 1 is 1.06 bits per heavy atom. The molecule has 4 rings (SSSR count). The van der Waals surface area contributed by atoms with Crippen LogP contribution in [0.3, 0.4) is 0 Å². The fraction of sp³-hybridized carbons (Fsp3) is 0.444. The molecule has 1 saturated carbocycles. The summed E-state index contributed by atoms with van der Waals surface area (Å²) >= 11 is 2.30. The van der Waals surface area contributed by atoms with Crippen molar-refractivity contribution < 1.29 is 19.4 Å². The Bertz CT molecular complexity index is 951. The molecule has 1 N–H and O–H groups in total. The van der Waals surface area contributed by atoms with Gasteiger partial charge in [0.25, 0.3) is 5.91 Å². The second-order valence-electron chi connectivity index (χ2n) is 8.97. The molecule has 0 saturated heterocycles. The molecule has 5 nitrogen and oxygen atoms in total. The van der Waals surface area contributed by atoms with E-state index in [1.807, 2.05) is 42.3 Å². The number of carbonyl (C=O) groups is 1. The van der Waals surface area contributed by atoms with Gasteiger partial charge in [-0.05, 0) is 70.3 Å². The van der Waals surface area contributed by atoms with Crippen LogP contribution in [0.25, 0.3) is 0 Å². The molecule has 0 spiro atoms. The fourth-order valence-corrected chi connectivity index (χ4v) is 4.95. The average Bonchev–Trinajstić information content (AvgIpc) is 2.87. The highest BCUT2D eigenvalue weighted by atomic mass is 127. The molecule has 0 unspecified atom stereocenters. The number of benzene rings is 2. The first-order chi connectivity index (χ1) is 16.0. The summed E-state index contributed by atoms with van der Waals surface area (Å²) in [6.45, 7) is 0.408. The number of amides is 1. The van der Waals surface area contributed by atoms with Crippen LogP contribution in [0.5, 0.6) is 0 Å². The number of allylic oxidation sites excluding steroid dienone is 1. The van der Waals surface area contributed by atoms with E-state index in [-0.39, 0.29) is 24.5 Å². The molecule has 1 amide bonds. The third-order valence-corrected chi connectivity index (χ3v) is 7.37. The van der Waals surface area contributed by atoms with Crippen molar-refractivity contribution in [3.63, 3.8) is 0 Å². The molecule has 176 valence electrons. The second-order valence-corrected chi connectivity index (χ2v) is 10.2. The monoisotopic (exact) mass is 561 g/mol. The molecule has 33 heavy (non-hydrogen) atoms. The molecule has 2 atom stereocenters. The summed E-state index contributed by atoms with van der Waals surface area (Å²) in [7, 11) is 1.90. The summed E-state index contributed by atoms with van der Waals surface area (Å²) < 4.78 is 13.4. The van der Waals surface area contributed by atoms with Crippen LogP contribution in [0, 0.1) is 3.57 Å². The third-order valence-electron chi connectivity index (χ3n) is 6.65. The van der Waals surface area contributed by atoms with Crippen LogP contribution in [-0.4, -0.2) is 35.3 Å². The Labute approximate surface area is 209 Å². The standard InChI is InChI=1S/C27H32INO4/c1-29(24-5-3-2-4-6-24)27(31)25-15-22(21-11-13-23(28)14-12-21)16-26(33-25)32-18-20-9-7-19(17-30)8-10-20/h7-15,22,24,26,30H,2-6,16-18H2,1H3/t22-,26+/m0/s1. The molecule has 1 aliphatic heterocycles. The van der Waals surface area contributed by atoms with Crippen molar-refractivity contribution >= 4 is 28.5 Å². The summed E-state index contributed by atoms with van der Waals surface area (Å²) in [4.78, 5) is 15.2. The quantitative estimate of drug-likeness (QED) is 0.454. The van der Waals surface area contributed by atoms with Gasteiger partial charge in [-0.15, -0.1) is 0 Å². The zero-order valence-electron chi connectivity index (χ0n) is 19.1. The number of halogens is 1. The van der Waals surface area contributed by atoms with Gasteiger partial charge in [-0.1, -0.05) is 55.7 Å². The zero-order chi connectivity index (χ0) is 23.2. The van der Waals surface area contributed by atoms with Gasteiger partial charge in [-0.3, -0.25) is 4.79 Å². The number of ether oxygens (including phenoxy) is 2. The van der Waals surface area contributed by atoms with Gasteiger partial charge in [-0.2, -0.15) is 0 Å². The van der Waals surface area contributed by atoms with Gasteiger partial charge in [-0.25, -0.2) is 0 Å². The fourth-order valence-electron chi connectivity index (χ4n) is 4.59. The molecule has 2 aromatic carbocycles. The van der Waals surface area contributed by atoms with E-state index < -0.39 is 6.29 Å². The number of hydrogen-bond donors (Lipinski definition) is 1. The third kappa shape index (κ3) is 6.37. The summed E-state index contributed by atoms with van der Waals surface area (Å²) in [5.74, 6) is 0.382. The zero-order valence-corrected chi connectivity index (χ0v) is 21.2. The second kappa shape index (κ2) is 11.5. The smallest absolute Gasteiger partial charge is 0.288 e. The number of likely N-dealkylation sites (N-methyl/N-ethyl adjacent to an activating group) is 1. The van der Waals surface area contributed by atoms with Gasteiger partial charge < -0.3 is 19.5 Å². The topological polar surface area (TPSA) is 59.0 Å². The first-order valence-electron chi connectivity index (χ1n) is 11.7. The summed E-state index contributed by atoms with van der Waals surface area (Å²) in [5, 5.41) is 9.24. The molecule has 0 bridgehead atoms. The normalized spacial score (nSPS) is 21.2. The Morgan fingerprint density at radius 2 is 1.73 bits per heavy atom. The van der Waals surface area contributed by atoms with Crippen LogP contribution >= 0.6 is 22.6 Å². The van der Waals surface area contributed by atoms with Crippen LogP contribution in [0.4, 0.5) is 0 Å². The molecular weight excluding hydrogens is 529 g/mol. The summed E-state index contributed by atoms with van der Waals surface area (Å²) in [6.07, 6.45) is 7.83. The highest BCUT2D eigenvalue weighted by molar-refractivity contribution is 14.1. The minimum absolute atomic E-state index is 0.0232. The first-order valence-corrected chi connectivity index (χ1v) is 12.8. The van der Waals surface area contributed by atoms with Crippen LogP contribution in [0.15, 0.2) is 60.4 Å². The van der Waals surface area contributed by atoms with Crippen LogP contribution in [0.1, 0.15) is 61.1 Å². The van der Waals surface area contributed by atoms with Gasteiger partial charge in [0.05, 0.1) is 13.2 Å². The predicted molar refractivity (Wildman–Crippen MR) is 136 cm³/mol. The van der Waals surface area contributed by atoms with E-state index in [2.05, 4.69) is 46.9 Å². The van der Waals surface area contributed by atoms with Crippen molar-refractivity contribution in [1.82, 2.24) is 4.90 Å². The number of nitrogens with zero attached hydrogens (tertiary/aromatic N) is 1. The molecule has 6 heteroatoms. The van der Waals surface area contributed by atoms with E-state index in [1.54, 1.807) is 0 Å². The van der Waals surface area contributed by atoms with Crippen LogP contribution in [0.2, 0.25) is 0 Å². The SMILES string of the molecule is CN(C(=O)C1=C[C@H](c2ccc(I)cc2)C[C@H](OCc2ccc(CO)cc2)O1)C1CCCCC1. The molecule has 0 radical (unpaired) electrons. The van der Waals surface area contributed by atoms with Crippen molar-refractivity contribution in [2.45, 2.75) is 70.0 Å². The first kappa shape index (κ1) is 24.2. The molecule has 1 aliphatic carbocycles. The Hall–Kier alpha value is -1.90. The predicted octanol–water partition coefficient (Wildman–Crippen LogP) is 5.51. The van der Waals surface area contributed by atoms with Crippen molar-refractivity contribution in [3.05, 3.63) is 80.6 Å². The lowest BCUT2D eigenvalue weighted by Gasteiger charge is -2.34. The summed E-state index contributed by atoms with van der Waals surface area (Å²) in [5.41, 5.74) is 3.03. The highest BCUT2D eigenvalue weighted by Gasteiger charge is 2.32. The lowest BCUT2D eigenvalue weighted by Crippen LogP contribution is -2.41. The van der Waals surface area contributed by atoms with Gasteiger partial charge in [0.1, 0.15) is 0 Å². The van der Waals surface area contributed by atoms with Crippen molar-refractivity contribution in [2.24, 2.45) is 0 Å². The van der Waals surface area contributed by atoms with E-state index in [0.29, 0.717) is 18.8 Å². The summed E-state index contributed by atoms with van der Waals surface area (Å²) in [6, 6.07) is 16.4. The number of hydrogen-bond acceptors (Lipinski definition) is 4. The number of aliphatic hydroxyl groups is 1. The van der Waals surface area contributed by atoms with Gasteiger partial charge >= 0.3 is 0 Å². The molecule has 2 aromatic rings. The van der Waals surface area contributed by atoms with Crippen molar-refractivity contribution in [2.75, 3.05) is 7.05 Å². The van der Waals surface area contributed by atoms with Crippen molar-refractivity contribution in [3.8, 4) is 0 Å². The molecule has 1 heterocycles. The van der Waals surface area contributed by atoms with Crippen LogP contribution < -0.4 is 0 Å². The Morgan fingerprint density at radius 3 is 2.39 bits per heavy atom. The molecule has 1 fully saturated rings. The molecule has 2 aliphatic rings. The molecular formula is C27H32INO4. The van der Waals surface area contributed by atoms with E-state index in [0.717, 1.165) is 29.5 Å². The van der Waals surface area contributed by atoms with Gasteiger partial charge in [0.15, 0.2) is 5.76 Å².